The molecule has 34 heavy (non-hydrogen) atoms. The van der Waals surface area contributed by atoms with E-state index in [1.54, 1.807) is 18.6 Å². The Bertz CT molecular complexity index is 1300. The lowest BCUT2D eigenvalue weighted by atomic mass is 10.1. The van der Waals surface area contributed by atoms with Crippen molar-refractivity contribution in [2.75, 3.05) is 13.7 Å². The first-order chi connectivity index (χ1) is 16.5. The van der Waals surface area contributed by atoms with Crippen LogP contribution in [-0.2, 0) is 13.0 Å². The van der Waals surface area contributed by atoms with E-state index >= 15 is 0 Å². The number of methoxy groups -OCH3 is 1. The zero-order chi connectivity index (χ0) is 23.9. The van der Waals surface area contributed by atoms with Gasteiger partial charge in [0.1, 0.15) is 5.75 Å². The first-order valence-electron chi connectivity index (χ1n) is 10.8. The number of hydrogen-bond acceptors (Lipinski definition) is 8. The van der Waals surface area contributed by atoms with Gasteiger partial charge in [-0.2, -0.15) is 4.98 Å². The molecular weight excluding hydrogens is 434 g/mol. The lowest BCUT2D eigenvalue weighted by molar-refractivity contribution is 0.304. The quantitative estimate of drug-likeness (QED) is 0.375. The Hall–Kier alpha value is -4.27. The van der Waals surface area contributed by atoms with Crippen LogP contribution in [0.25, 0.3) is 0 Å². The van der Waals surface area contributed by atoms with Crippen LogP contribution in [0.5, 0.6) is 23.5 Å². The highest BCUT2D eigenvalue weighted by atomic mass is 16.5. The molecule has 9 nitrogen and oxygen atoms in total. The van der Waals surface area contributed by atoms with E-state index < -0.39 is 5.69 Å². The Kier molecular flexibility index (Phi) is 7.12. The lowest BCUT2D eigenvalue weighted by Crippen LogP contribution is -2.24. The predicted octanol–water partition coefficient (Wildman–Crippen LogP) is 3.52. The number of pyridine rings is 1. The fourth-order valence-electron chi connectivity index (χ4n) is 3.25. The second-order valence-corrected chi connectivity index (χ2v) is 7.68. The number of hydrogen-bond donors (Lipinski definition) is 0. The van der Waals surface area contributed by atoms with E-state index in [9.17, 15) is 4.79 Å². The van der Waals surface area contributed by atoms with Crippen LogP contribution in [0.4, 0.5) is 0 Å². The summed E-state index contributed by atoms with van der Waals surface area (Å²) in [6, 6.07) is 13.7. The van der Waals surface area contributed by atoms with Gasteiger partial charge in [-0.3, -0.25) is 4.57 Å². The van der Waals surface area contributed by atoms with Crippen LogP contribution in [0.2, 0.25) is 0 Å². The first-order valence-corrected chi connectivity index (χ1v) is 10.8. The Labute approximate surface area is 197 Å². The minimum Gasteiger partial charge on any atom is -0.477 e. The molecule has 0 saturated heterocycles. The monoisotopic (exact) mass is 459 g/mol. The van der Waals surface area contributed by atoms with Gasteiger partial charge in [-0.15, -0.1) is 0 Å². The molecule has 174 valence electrons. The van der Waals surface area contributed by atoms with Gasteiger partial charge >= 0.3 is 11.7 Å². The maximum atomic E-state index is 12.4. The molecule has 3 heterocycles. The smallest absolute Gasteiger partial charge is 0.351 e. The average Bonchev–Trinajstić information content (AvgIpc) is 2.83. The summed E-state index contributed by atoms with van der Waals surface area (Å²) in [5.41, 5.74) is 3.11. The normalized spacial score (nSPS) is 10.7. The molecule has 0 amide bonds. The maximum absolute atomic E-state index is 12.4. The molecular formula is C25H25N5O4. The highest BCUT2D eigenvalue weighted by molar-refractivity contribution is 5.31. The van der Waals surface area contributed by atoms with Crippen molar-refractivity contribution in [1.82, 2.24) is 24.5 Å². The third-order valence-electron chi connectivity index (χ3n) is 4.98. The summed E-state index contributed by atoms with van der Waals surface area (Å²) in [6.45, 7) is 4.48. The van der Waals surface area contributed by atoms with Crippen LogP contribution in [0.15, 0.2) is 65.8 Å². The second kappa shape index (κ2) is 10.6. The highest BCUT2D eigenvalue weighted by Gasteiger charge is 2.09. The molecule has 0 radical (unpaired) electrons. The molecule has 0 atom stereocenters. The van der Waals surface area contributed by atoms with Crippen LogP contribution < -0.4 is 19.9 Å². The molecule has 0 saturated carbocycles. The van der Waals surface area contributed by atoms with E-state index in [0.29, 0.717) is 37.1 Å². The minimum atomic E-state index is -0.400. The zero-order valence-corrected chi connectivity index (χ0v) is 19.3. The summed E-state index contributed by atoms with van der Waals surface area (Å²) in [7, 11) is 1.50. The molecule has 0 spiro atoms. The van der Waals surface area contributed by atoms with Gasteiger partial charge in [-0.1, -0.05) is 18.2 Å². The summed E-state index contributed by atoms with van der Waals surface area (Å²) in [6.07, 6.45) is 5.62. The molecule has 0 bridgehead atoms. The van der Waals surface area contributed by atoms with Gasteiger partial charge in [-0.05, 0) is 37.6 Å². The highest BCUT2D eigenvalue weighted by Crippen LogP contribution is 2.20. The van der Waals surface area contributed by atoms with Crippen molar-refractivity contribution in [1.29, 1.82) is 0 Å². The van der Waals surface area contributed by atoms with Crippen molar-refractivity contribution in [3.05, 3.63) is 93.9 Å². The molecule has 0 aliphatic carbocycles. The number of aromatic nitrogens is 5. The Morgan fingerprint density at radius 2 is 1.71 bits per heavy atom. The van der Waals surface area contributed by atoms with Gasteiger partial charge in [0.15, 0.2) is 0 Å². The van der Waals surface area contributed by atoms with Gasteiger partial charge in [-0.25, -0.2) is 19.7 Å². The fraction of sp³-hybridized carbons (Fsp3) is 0.240. The van der Waals surface area contributed by atoms with Gasteiger partial charge < -0.3 is 14.2 Å². The molecule has 3 aromatic heterocycles. The molecule has 1 aromatic carbocycles. The van der Waals surface area contributed by atoms with Gasteiger partial charge in [0.05, 0.1) is 20.3 Å². The van der Waals surface area contributed by atoms with Crippen molar-refractivity contribution < 1.29 is 14.2 Å². The summed E-state index contributed by atoms with van der Waals surface area (Å²) < 4.78 is 18.0. The van der Waals surface area contributed by atoms with E-state index in [2.05, 4.69) is 19.9 Å². The molecule has 0 unspecified atom stereocenters. The molecule has 0 N–H and O–H groups in total. The van der Waals surface area contributed by atoms with Gasteiger partial charge in [0.2, 0.25) is 11.8 Å². The van der Waals surface area contributed by atoms with E-state index in [-0.39, 0.29) is 6.01 Å². The van der Waals surface area contributed by atoms with Crippen LogP contribution in [-0.4, -0.2) is 38.2 Å². The van der Waals surface area contributed by atoms with Crippen molar-refractivity contribution in [2.24, 2.45) is 0 Å². The van der Waals surface area contributed by atoms with E-state index in [4.69, 9.17) is 14.2 Å². The van der Waals surface area contributed by atoms with Crippen LogP contribution >= 0.6 is 0 Å². The molecule has 0 aliphatic rings. The van der Waals surface area contributed by atoms with E-state index in [1.165, 1.54) is 11.7 Å². The maximum Gasteiger partial charge on any atom is 0.351 e. The van der Waals surface area contributed by atoms with Crippen molar-refractivity contribution in [2.45, 2.75) is 26.8 Å². The minimum absolute atomic E-state index is 0.277. The molecule has 0 aliphatic heterocycles. The lowest BCUT2D eigenvalue weighted by Gasteiger charge is -2.11. The molecule has 4 aromatic rings. The summed E-state index contributed by atoms with van der Waals surface area (Å²) in [4.78, 5) is 29.0. The number of aryl methyl sites for hydroxylation is 2. The third-order valence-corrected chi connectivity index (χ3v) is 4.98. The average molecular weight is 460 g/mol. The van der Waals surface area contributed by atoms with E-state index in [0.717, 1.165) is 22.4 Å². The Morgan fingerprint density at radius 1 is 0.941 bits per heavy atom. The number of ether oxygens (including phenoxy) is 3. The van der Waals surface area contributed by atoms with Gasteiger partial charge in [0, 0.05) is 47.9 Å². The zero-order valence-electron chi connectivity index (χ0n) is 19.3. The topological polar surface area (TPSA) is 101 Å². The Morgan fingerprint density at radius 3 is 2.41 bits per heavy atom. The van der Waals surface area contributed by atoms with E-state index in [1.807, 2.05) is 56.3 Å². The Balaban J connectivity index is 1.32. The van der Waals surface area contributed by atoms with Gasteiger partial charge in [0.25, 0.3) is 0 Å². The number of nitrogens with zero attached hydrogens (tertiary/aromatic N) is 5. The largest absolute Gasteiger partial charge is 0.477 e. The van der Waals surface area contributed by atoms with Crippen LogP contribution in [0.1, 0.15) is 22.4 Å². The fourth-order valence-corrected chi connectivity index (χ4v) is 3.25. The summed E-state index contributed by atoms with van der Waals surface area (Å²) >= 11 is 0. The molecule has 0 fully saturated rings. The molecule has 4 rings (SSSR count). The van der Waals surface area contributed by atoms with Crippen molar-refractivity contribution in [3.8, 4) is 23.5 Å². The summed E-state index contributed by atoms with van der Waals surface area (Å²) in [5, 5.41) is 0. The molecule has 9 heteroatoms. The number of rotatable bonds is 9. The van der Waals surface area contributed by atoms with Crippen LogP contribution in [0, 0.1) is 13.8 Å². The summed E-state index contributed by atoms with van der Waals surface area (Å²) in [5.74, 6) is 1.61. The predicted molar refractivity (Wildman–Crippen MR) is 126 cm³/mol. The SMILES string of the molecule is COc1ncc(Cn2cc(C)c(OCCc3ccc(Oc4cccc(C)n4)cc3)nc2=O)cn1. The number of benzene rings is 1. The first kappa shape index (κ1) is 22.9. The third kappa shape index (κ3) is 5.94. The second-order valence-electron chi connectivity index (χ2n) is 7.68. The standard InChI is InChI=1S/C25H25N5O4/c1-17-15-30(16-20-13-26-24(32-3)27-14-20)25(31)29-23(17)33-12-11-19-7-9-21(10-8-19)34-22-6-4-5-18(2)28-22/h4-10,13-15H,11-12,16H2,1-3H3. The van der Waals surface area contributed by atoms with Crippen molar-refractivity contribution >= 4 is 0 Å². The van der Waals surface area contributed by atoms with Crippen LogP contribution in [0.3, 0.4) is 0 Å². The van der Waals surface area contributed by atoms with Crippen molar-refractivity contribution in [3.63, 3.8) is 0 Å².